The summed E-state index contributed by atoms with van der Waals surface area (Å²) in [4.78, 5) is 17.2. The fourth-order valence-corrected chi connectivity index (χ4v) is 3.98. The first-order valence-corrected chi connectivity index (χ1v) is 9.96. The van der Waals surface area contributed by atoms with E-state index in [9.17, 15) is 9.90 Å². The Morgan fingerprint density at radius 1 is 1.23 bits per heavy atom. The van der Waals surface area contributed by atoms with Crippen LogP contribution in [0, 0.1) is 0 Å². The first-order chi connectivity index (χ1) is 12.5. The third kappa shape index (κ3) is 5.11. The lowest BCUT2D eigenvalue weighted by Gasteiger charge is -2.35. The van der Waals surface area contributed by atoms with Crippen LogP contribution in [0.15, 0.2) is 35.7 Å². The molecule has 0 aliphatic carbocycles. The van der Waals surface area contributed by atoms with Gasteiger partial charge in [-0.25, -0.2) is 0 Å². The zero-order valence-electron chi connectivity index (χ0n) is 14.1. The van der Waals surface area contributed by atoms with Crippen molar-refractivity contribution < 1.29 is 14.6 Å². The Morgan fingerprint density at radius 3 is 2.65 bits per heavy atom. The van der Waals surface area contributed by atoms with E-state index in [1.807, 2.05) is 17.5 Å². The molecule has 1 aromatic carbocycles. The molecule has 0 bridgehead atoms. The van der Waals surface area contributed by atoms with Gasteiger partial charge in [0.1, 0.15) is 11.9 Å². The van der Waals surface area contributed by atoms with Crippen LogP contribution in [0.2, 0.25) is 10.0 Å². The number of β-amino-alcohol motifs (C(OH)–C–C–N with tert-alkyl or cyclic N) is 1. The van der Waals surface area contributed by atoms with Crippen molar-refractivity contribution in [1.29, 1.82) is 0 Å². The van der Waals surface area contributed by atoms with Gasteiger partial charge in [-0.05, 0) is 29.6 Å². The summed E-state index contributed by atoms with van der Waals surface area (Å²) in [6.07, 6.45) is -0.479. The molecule has 140 valence electrons. The maximum Gasteiger partial charge on any atom is 0.260 e. The molecule has 1 unspecified atom stereocenters. The van der Waals surface area contributed by atoms with Gasteiger partial charge in [-0.1, -0.05) is 29.3 Å². The molecule has 2 heterocycles. The summed E-state index contributed by atoms with van der Waals surface area (Å²) in [5.41, 5.74) is 0. The lowest BCUT2D eigenvalue weighted by Crippen LogP contribution is -2.50. The molecule has 26 heavy (non-hydrogen) atoms. The van der Waals surface area contributed by atoms with Crippen molar-refractivity contribution in [2.45, 2.75) is 6.10 Å². The van der Waals surface area contributed by atoms with Crippen molar-refractivity contribution in [2.75, 3.05) is 39.3 Å². The zero-order valence-corrected chi connectivity index (χ0v) is 16.4. The summed E-state index contributed by atoms with van der Waals surface area (Å²) in [7, 11) is 0. The lowest BCUT2D eigenvalue weighted by atomic mass is 10.2. The molecular weight excluding hydrogens is 395 g/mol. The molecule has 8 heteroatoms. The Balaban J connectivity index is 1.43. The van der Waals surface area contributed by atoms with Gasteiger partial charge in [-0.15, -0.1) is 11.3 Å². The summed E-state index contributed by atoms with van der Waals surface area (Å²) < 4.78 is 5.51. The molecule has 5 nitrogen and oxygen atoms in total. The smallest absolute Gasteiger partial charge is 0.260 e. The number of hydrogen-bond acceptors (Lipinski definition) is 5. The molecule has 1 aliphatic heterocycles. The van der Waals surface area contributed by atoms with Crippen LogP contribution < -0.4 is 4.74 Å². The zero-order chi connectivity index (χ0) is 18.5. The van der Waals surface area contributed by atoms with Gasteiger partial charge in [0.25, 0.3) is 5.91 Å². The Labute approximate surface area is 166 Å². The van der Waals surface area contributed by atoms with E-state index in [0.29, 0.717) is 35.4 Å². The first kappa shape index (κ1) is 19.5. The van der Waals surface area contributed by atoms with Crippen molar-refractivity contribution in [3.8, 4) is 5.75 Å². The Kier molecular flexibility index (Phi) is 6.78. The van der Waals surface area contributed by atoms with E-state index in [1.54, 1.807) is 34.4 Å². The molecule has 1 aliphatic rings. The molecule has 1 fully saturated rings. The van der Waals surface area contributed by atoms with Crippen molar-refractivity contribution >= 4 is 40.4 Å². The molecule has 1 saturated heterocycles. The van der Waals surface area contributed by atoms with Gasteiger partial charge in [0.2, 0.25) is 0 Å². The number of ether oxygens (including phenoxy) is 1. The van der Waals surface area contributed by atoms with Crippen LogP contribution in [-0.4, -0.2) is 60.1 Å². The molecule has 1 amide bonds. The topological polar surface area (TPSA) is 53.0 Å². The summed E-state index contributed by atoms with van der Waals surface area (Å²) in [6.45, 7) is 3.23. The Bertz CT molecular complexity index is 734. The standard InChI is InChI=1S/C18H20Cl2N2O3S/c19-13-3-4-16(14(20)10-13)25-12-18(24)22-7-5-21(6-8-22)11-15(23)17-2-1-9-26-17/h1-4,9-10,15,23H,5-8,11-12H2. The fraction of sp³-hybridized carbons (Fsp3) is 0.389. The average Bonchev–Trinajstić information content (AvgIpc) is 3.16. The van der Waals surface area contributed by atoms with E-state index in [-0.39, 0.29) is 12.5 Å². The summed E-state index contributed by atoms with van der Waals surface area (Å²) >= 11 is 13.4. The second kappa shape index (κ2) is 9.06. The highest BCUT2D eigenvalue weighted by Gasteiger charge is 2.23. The van der Waals surface area contributed by atoms with E-state index >= 15 is 0 Å². The minimum absolute atomic E-state index is 0.0564. The van der Waals surface area contributed by atoms with Crippen molar-refractivity contribution in [1.82, 2.24) is 9.80 Å². The molecule has 0 saturated carbocycles. The number of aliphatic hydroxyl groups excluding tert-OH is 1. The summed E-state index contributed by atoms with van der Waals surface area (Å²) in [5, 5.41) is 13.1. The van der Waals surface area contributed by atoms with Gasteiger partial charge in [0, 0.05) is 42.6 Å². The van der Waals surface area contributed by atoms with Crippen LogP contribution in [0.4, 0.5) is 0 Å². The number of carbonyl (C=O) groups excluding carboxylic acids is 1. The molecule has 2 aromatic rings. The van der Waals surface area contributed by atoms with Gasteiger partial charge in [0.05, 0.1) is 5.02 Å². The Hall–Kier alpha value is -1.31. The number of nitrogens with zero attached hydrogens (tertiary/aromatic N) is 2. The summed E-state index contributed by atoms with van der Waals surface area (Å²) in [6, 6.07) is 8.79. The van der Waals surface area contributed by atoms with Gasteiger partial charge in [-0.2, -0.15) is 0 Å². The third-order valence-corrected chi connectivity index (χ3v) is 5.78. The van der Waals surface area contributed by atoms with Gasteiger partial charge < -0.3 is 14.7 Å². The van der Waals surface area contributed by atoms with E-state index in [0.717, 1.165) is 18.0 Å². The maximum absolute atomic E-state index is 12.3. The molecule has 1 atom stereocenters. The van der Waals surface area contributed by atoms with E-state index in [2.05, 4.69) is 4.90 Å². The highest BCUT2D eigenvalue weighted by Crippen LogP contribution is 2.27. The van der Waals surface area contributed by atoms with Crippen LogP contribution in [0.3, 0.4) is 0 Å². The minimum atomic E-state index is -0.479. The molecule has 0 spiro atoms. The van der Waals surface area contributed by atoms with E-state index in [1.165, 1.54) is 0 Å². The van der Waals surface area contributed by atoms with Crippen LogP contribution in [-0.2, 0) is 4.79 Å². The van der Waals surface area contributed by atoms with Crippen LogP contribution in [0.25, 0.3) is 0 Å². The highest BCUT2D eigenvalue weighted by molar-refractivity contribution is 7.10. The number of piperazine rings is 1. The fourth-order valence-electron chi connectivity index (χ4n) is 2.82. The summed E-state index contributed by atoms with van der Waals surface area (Å²) in [5.74, 6) is 0.372. The lowest BCUT2D eigenvalue weighted by molar-refractivity contribution is -0.135. The quantitative estimate of drug-likeness (QED) is 0.787. The monoisotopic (exact) mass is 414 g/mol. The van der Waals surface area contributed by atoms with Crippen molar-refractivity contribution in [3.63, 3.8) is 0 Å². The van der Waals surface area contributed by atoms with Crippen LogP contribution in [0.5, 0.6) is 5.75 Å². The Morgan fingerprint density at radius 2 is 2.00 bits per heavy atom. The first-order valence-electron chi connectivity index (χ1n) is 8.32. The number of aliphatic hydroxyl groups is 1. The number of hydrogen-bond donors (Lipinski definition) is 1. The number of benzene rings is 1. The molecule has 1 aromatic heterocycles. The van der Waals surface area contributed by atoms with E-state index in [4.69, 9.17) is 27.9 Å². The third-order valence-electron chi connectivity index (χ3n) is 4.27. The van der Waals surface area contributed by atoms with Gasteiger partial charge in [-0.3, -0.25) is 9.69 Å². The number of halogens is 2. The largest absolute Gasteiger partial charge is 0.482 e. The highest BCUT2D eigenvalue weighted by atomic mass is 35.5. The molecule has 3 rings (SSSR count). The van der Waals surface area contributed by atoms with Gasteiger partial charge >= 0.3 is 0 Å². The predicted octanol–water partition coefficient (Wildman–Crippen LogP) is 3.31. The molecule has 0 radical (unpaired) electrons. The number of amides is 1. The number of carbonyl (C=O) groups is 1. The normalized spacial score (nSPS) is 16.5. The number of rotatable bonds is 6. The van der Waals surface area contributed by atoms with Crippen molar-refractivity contribution in [2.24, 2.45) is 0 Å². The van der Waals surface area contributed by atoms with Gasteiger partial charge in [0.15, 0.2) is 6.61 Å². The second-order valence-electron chi connectivity index (χ2n) is 6.08. The molecular formula is C18H20Cl2N2O3S. The predicted molar refractivity (Wildman–Crippen MR) is 104 cm³/mol. The number of thiophene rings is 1. The average molecular weight is 415 g/mol. The SMILES string of the molecule is O=C(COc1ccc(Cl)cc1Cl)N1CCN(CC(O)c2cccs2)CC1. The van der Waals surface area contributed by atoms with Crippen LogP contribution >= 0.6 is 34.5 Å². The van der Waals surface area contributed by atoms with Crippen LogP contribution in [0.1, 0.15) is 11.0 Å². The second-order valence-corrected chi connectivity index (χ2v) is 7.90. The molecule has 1 N–H and O–H groups in total. The van der Waals surface area contributed by atoms with E-state index < -0.39 is 6.10 Å². The minimum Gasteiger partial charge on any atom is -0.482 e. The van der Waals surface area contributed by atoms with Crippen molar-refractivity contribution in [3.05, 3.63) is 50.6 Å². The maximum atomic E-state index is 12.3.